The van der Waals surface area contributed by atoms with E-state index in [0.717, 1.165) is 33.9 Å². The van der Waals surface area contributed by atoms with Crippen LogP contribution in [-0.2, 0) is 35.6 Å². The van der Waals surface area contributed by atoms with Crippen LogP contribution in [-0.4, -0.2) is 44.1 Å². The van der Waals surface area contributed by atoms with Crippen LogP contribution in [0.5, 0.6) is 34.5 Å². The smallest absolute Gasteiger partial charge is 0.274 e. The molecule has 4 amide bonds. The van der Waals surface area contributed by atoms with Crippen molar-refractivity contribution in [1.82, 2.24) is 21.7 Å². The summed E-state index contributed by atoms with van der Waals surface area (Å²) in [6.45, 7) is 4.47. The lowest BCUT2D eigenvalue weighted by atomic mass is 9.97. The molecule has 0 atom stereocenters. The number of carbonyl (C=O) groups excluding carboxylic acids is 4. The van der Waals surface area contributed by atoms with Crippen LogP contribution in [0.3, 0.4) is 0 Å². The number of hydrogen-bond donors (Lipinski definition) is 8. The molecule has 8 rings (SSSR count). The molecule has 0 heterocycles. The van der Waals surface area contributed by atoms with Crippen LogP contribution in [0.2, 0.25) is 0 Å². The van der Waals surface area contributed by atoms with Crippen LogP contribution in [0.15, 0.2) is 182 Å². The van der Waals surface area contributed by atoms with Crippen LogP contribution >= 0.6 is 0 Å². The first-order valence-corrected chi connectivity index (χ1v) is 22.7. The first-order chi connectivity index (χ1) is 34.8. The van der Waals surface area contributed by atoms with Crippen molar-refractivity contribution >= 4 is 23.6 Å². The molecule has 8 N–H and O–H groups in total. The molecule has 0 fully saturated rings. The number of aryl methyl sites for hydroxylation is 2. The Morgan fingerprint density at radius 1 is 0.417 bits per heavy atom. The minimum atomic E-state index is -0.734. The summed E-state index contributed by atoms with van der Waals surface area (Å²) >= 11 is 0. The minimum absolute atomic E-state index is 0.0247. The van der Waals surface area contributed by atoms with Crippen LogP contribution < -0.4 is 31.2 Å². The molecule has 8 aromatic carbocycles. The molecular weight excluding hydrogens is 913 g/mol. The second-order valence-corrected chi connectivity index (χ2v) is 16.7. The van der Waals surface area contributed by atoms with Crippen LogP contribution in [0, 0.1) is 13.8 Å². The number of rotatable bonds is 14. The number of hydrazine groups is 2. The van der Waals surface area contributed by atoms with Crippen molar-refractivity contribution in [2.45, 2.75) is 39.9 Å². The van der Waals surface area contributed by atoms with Crippen molar-refractivity contribution in [3.05, 3.63) is 226 Å². The minimum Gasteiger partial charge on any atom is -0.508 e. The molecule has 0 aliphatic carbocycles. The summed E-state index contributed by atoms with van der Waals surface area (Å²) in [5, 5.41) is 39.2. The molecule has 0 saturated heterocycles. The zero-order chi connectivity index (χ0) is 51.0. The van der Waals surface area contributed by atoms with E-state index in [2.05, 4.69) is 21.7 Å². The first kappa shape index (κ1) is 50.3. The van der Waals surface area contributed by atoms with Gasteiger partial charge in [0.2, 0.25) is 11.8 Å². The van der Waals surface area contributed by atoms with Gasteiger partial charge in [-0.2, -0.15) is 0 Å². The molecule has 0 unspecified atom stereocenters. The molecule has 0 saturated carbocycles. The lowest BCUT2D eigenvalue weighted by Crippen LogP contribution is -2.42. The monoisotopic (exact) mass is 964 g/mol. The number of amides is 4. The maximum absolute atomic E-state index is 13.8. The van der Waals surface area contributed by atoms with Gasteiger partial charge in [-0.3, -0.25) is 40.9 Å². The van der Waals surface area contributed by atoms with E-state index in [1.165, 1.54) is 30.3 Å². The Labute approximate surface area is 416 Å². The van der Waals surface area contributed by atoms with Crippen molar-refractivity contribution < 1.29 is 49.1 Å². The van der Waals surface area contributed by atoms with Crippen LogP contribution in [0.25, 0.3) is 22.3 Å². The van der Waals surface area contributed by atoms with Gasteiger partial charge in [-0.05, 0) is 83.6 Å². The van der Waals surface area contributed by atoms with Gasteiger partial charge < -0.3 is 29.9 Å². The standard InChI is InChI=1S/C36H32N2O5.C22H20N2O5/c1-25-15-17-29(18-16-25)32-21-31(42-23-26-9-4-2-5-10-26)22-33(43-24-27-11-6-3-7-12-27)35(32)36(41)38-37-34(40)20-28-13-8-14-30(39)19-28;1-13-5-7-15(8-6-13)18-11-17(26)12-19(27)21(18)22(29)24-23-20(28)10-14-3-2-4-16(25)9-14/h2-19,21-22,39H,20,23-24H2,1H3,(H,37,40)(H,38,41);2-9,11-12,25-27H,10H2,1H3,(H,23,28)(H,24,29). The van der Waals surface area contributed by atoms with Gasteiger partial charge in [-0.25, -0.2) is 0 Å². The summed E-state index contributed by atoms with van der Waals surface area (Å²) in [5.41, 5.74) is 17.3. The van der Waals surface area contributed by atoms with Crippen molar-refractivity contribution in [1.29, 1.82) is 0 Å². The number of aromatic hydroxyl groups is 4. The van der Waals surface area contributed by atoms with Gasteiger partial charge >= 0.3 is 0 Å². The highest BCUT2D eigenvalue weighted by Crippen LogP contribution is 2.37. The van der Waals surface area contributed by atoms with Gasteiger partial charge in [-0.1, -0.05) is 145 Å². The van der Waals surface area contributed by atoms with Gasteiger partial charge in [0.15, 0.2) is 0 Å². The Kier molecular flexibility index (Phi) is 16.9. The molecule has 364 valence electrons. The number of nitrogens with one attached hydrogen (secondary N) is 4. The third-order valence-electron chi connectivity index (χ3n) is 11.0. The Bertz CT molecular complexity index is 3170. The van der Waals surface area contributed by atoms with Crippen molar-refractivity contribution in [2.24, 2.45) is 0 Å². The highest BCUT2D eigenvalue weighted by atomic mass is 16.5. The number of phenolic OH excluding ortho intramolecular Hbond substituents is 4. The van der Waals surface area contributed by atoms with Gasteiger partial charge in [0.1, 0.15) is 47.7 Å². The second-order valence-electron chi connectivity index (χ2n) is 16.7. The SMILES string of the molecule is Cc1ccc(-c2cc(O)cc(O)c2C(=O)NNC(=O)Cc2cccc(O)c2)cc1.Cc1ccc(-c2cc(OCc3ccccc3)cc(OCc3ccccc3)c2C(=O)NNC(=O)Cc2cccc(O)c2)cc1. The fourth-order valence-corrected chi connectivity index (χ4v) is 7.44. The molecule has 8 aromatic rings. The molecule has 0 aliphatic rings. The lowest BCUT2D eigenvalue weighted by Gasteiger charge is -2.19. The Balaban J connectivity index is 0.000000228. The zero-order valence-electron chi connectivity index (χ0n) is 39.4. The quantitative estimate of drug-likeness (QED) is 0.0483. The third kappa shape index (κ3) is 14.2. The molecular formula is C58H52N4O10. The lowest BCUT2D eigenvalue weighted by molar-refractivity contribution is -0.122. The first-order valence-electron chi connectivity index (χ1n) is 22.7. The highest BCUT2D eigenvalue weighted by Gasteiger charge is 2.23. The maximum atomic E-state index is 13.8. The number of benzene rings is 8. The normalized spacial score (nSPS) is 10.5. The summed E-state index contributed by atoms with van der Waals surface area (Å²) in [7, 11) is 0. The average Bonchev–Trinajstić information content (AvgIpc) is 3.37. The predicted octanol–water partition coefficient (Wildman–Crippen LogP) is 9.31. The average molecular weight is 965 g/mol. The van der Waals surface area contributed by atoms with E-state index in [1.807, 2.05) is 117 Å². The van der Waals surface area contributed by atoms with Gasteiger partial charge in [0.05, 0.1) is 24.0 Å². The van der Waals surface area contributed by atoms with E-state index in [4.69, 9.17) is 9.47 Å². The number of carbonyl (C=O) groups is 4. The largest absolute Gasteiger partial charge is 0.508 e. The Morgan fingerprint density at radius 3 is 1.35 bits per heavy atom. The van der Waals surface area contributed by atoms with Crippen LogP contribution in [0.1, 0.15) is 54.1 Å². The highest BCUT2D eigenvalue weighted by molar-refractivity contribution is 6.05. The molecule has 14 nitrogen and oxygen atoms in total. The van der Waals surface area contributed by atoms with E-state index >= 15 is 0 Å². The summed E-state index contributed by atoms with van der Waals surface area (Å²) in [6, 6.07) is 53.0. The number of phenols is 4. The summed E-state index contributed by atoms with van der Waals surface area (Å²) in [4.78, 5) is 51.1. The van der Waals surface area contributed by atoms with Gasteiger partial charge in [0, 0.05) is 23.3 Å². The molecule has 0 aliphatic heterocycles. The zero-order valence-corrected chi connectivity index (χ0v) is 39.4. The molecule has 14 heteroatoms. The van der Waals surface area contributed by atoms with Crippen molar-refractivity contribution in [2.75, 3.05) is 0 Å². The fourth-order valence-electron chi connectivity index (χ4n) is 7.44. The van der Waals surface area contributed by atoms with E-state index in [9.17, 15) is 39.6 Å². The number of hydrogen-bond acceptors (Lipinski definition) is 10. The van der Waals surface area contributed by atoms with E-state index < -0.39 is 29.4 Å². The van der Waals surface area contributed by atoms with Gasteiger partial charge in [-0.15, -0.1) is 0 Å². The van der Waals surface area contributed by atoms with Crippen LogP contribution in [0.4, 0.5) is 0 Å². The Hall–Kier alpha value is -9.56. The second kappa shape index (κ2) is 24.1. The molecule has 0 spiro atoms. The van der Waals surface area contributed by atoms with Gasteiger partial charge in [0.25, 0.3) is 11.8 Å². The summed E-state index contributed by atoms with van der Waals surface area (Å²) < 4.78 is 12.4. The third-order valence-corrected chi connectivity index (χ3v) is 11.0. The number of ether oxygens (including phenoxy) is 2. The topological polar surface area (TPSA) is 216 Å². The van der Waals surface area contributed by atoms with Crippen molar-refractivity contribution in [3.63, 3.8) is 0 Å². The molecule has 0 bridgehead atoms. The predicted molar refractivity (Wildman–Crippen MR) is 273 cm³/mol. The summed E-state index contributed by atoms with van der Waals surface area (Å²) in [5.74, 6) is -1.88. The molecule has 0 radical (unpaired) electrons. The maximum Gasteiger partial charge on any atom is 0.274 e. The fraction of sp³-hybridized carbons (Fsp3) is 0.103. The molecule has 0 aromatic heterocycles. The Morgan fingerprint density at radius 2 is 0.861 bits per heavy atom. The molecule has 72 heavy (non-hydrogen) atoms. The van der Waals surface area contributed by atoms with E-state index in [-0.39, 0.29) is 47.8 Å². The summed E-state index contributed by atoms with van der Waals surface area (Å²) in [6.07, 6.45) is -0.0792. The van der Waals surface area contributed by atoms with E-state index in [0.29, 0.717) is 45.9 Å². The van der Waals surface area contributed by atoms with E-state index in [1.54, 1.807) is 42.5 Å². The van der Waals surface area contributed by atoms with Crippen molar-refractivity contribution in [3.8, 4) is 56.8 Å².